The van der Waals surface area contributed by atoms with Crippen molar-refractivity contribution in [2.24, 2.45) is 0 Å². The first-order valence-corrected chi connectivity index (χ1v) is 8.37. The summed E-state index contributed by atoms with van der Waals surface area (Å²) in [6.45, 7) is 1.39. The highest BCUT2D eigenvalue weighted by atomic mass is 32.2. The first-order valence-electron chi connectivity index (χ1n) is 7.39. The van der Waals surface area contributed by atoms with Gasteiger partial charge in [0.2, 0.25) is 0 Å². The third-order valence-corrected chi connectivity index (χ3v) is 4.44. The van der Waals surface area contributed by atoms with Crippen LogP contribution in [0, 0.1) is 0 Å². The van der Waals surface area contributed by atoms with E-state index in [0.29, 0.717) is 16.8 Å². The first kappa shape index (κ1) is 18.2. The summed E-state index contributed by atoms with van der Waals surface area (Å²) in [5.74, 6) is -0.183. The fraction of sp³-hybridized carbons (Fsp3) is 0.222. The smallest absolute Gasteiger partial charge is 0.195 e. The quantitative estimate of drug-likeness (QED) is 0.548. The highest BCUT2D eigenvalue weighted by Gasteiger charge is 2.21. The lowest BCUT2D eigenvalue weighted by molar-refractivity contribution is -0.109. The highest BCUT2D eigenvalue weighted by molar-refractivity contribution is 8.13. The monoisotopic (exact) mass is 345 g/mol. The Morgan fingerprint density at radius 3 is 2.42 bits per heavy atom. The predicted molar refractivity (Wildman–Crippen MR) is 94.8 cm³/mol. The third-order valence-electron chi connectivity index (χ3n) is 3.52. The third kappa shape index (κ3) is 4.44. The van der Waals surface area contributed by atoms with Crippen molar-refractivity contribution in [2.45, 2.75) is 19.1 Å². The number of hydrogen-bond acceptors (Lipinski definition) is 6. The lowest BCUT2D eigenvalue weighted by Crippen LogP contribution is -2.22. The molecular formula is C18H19NO4S. The molecule has 2 rings (SSSR count). The minimum absolute atomic E-state index is 0.0723. The molecule has 0 aliphatic rings. The number of aliphatic hydroxyl groups is 2. The van der Waals surface area contributed by atoms with Gasteiger partial charge in [-0.1, -0.05) is 48.2 Å². The Morgan fingerprint density at radius 2 is 1.79 bits per heavy atom. The number of thioether (sulfide) groups is 1. The van der Waals surface area contributed by atoms with Crippen LogP contribution < -0.4 is 5.73 Å². The summed E-state index contributed by atoms with van der Waals surface area (Å²) in [5, 5.41) is 20.1. The molecule has 0 amide bonds. The van der Waals surface area contributed by atoms with E-state index in [9.17, 15) is 19.8 Å². The Balaban J connectivity index is 2.25. The molecule has 2 atom stereocenters. The lowest BCUT2D eigenvalue weighted by Gasteiger charge is -2.18. The highest BCUT2D eigenvalue weighted by Crippen LogP contribution is 2.25. The van der Waals surface area contributed by atoms with Gasteiger partial charge in [0.05, 0.1) is 6.10 Å². The second-order valence-electron chi connectivity index (χ2n) is 5.36. The van der Waals surface area contributed by atoms with Crippen LogP contribution in [-0.2, 0) is 4.79 Å². The van der Waals surface area contributed by atoms with E-state index in [1.165, 1.54) is 19.1 Å². The zero-order valence-corrected chi connectivity index (χ0v) is 14.0. The van der Waals surface area contributed by atoms with Crippen molar-refractivity contribution < 1.29 is 19.8 Å². The van der Waals surface area contributed by atoms with Crippen LogP contribution in [0.25, 0.3) is 0 Å². The van der Waals surface area contributed by atoms with Crippen LogP contribution in [0.2, 0.25) is 0 Å². The van der Waals surface area contributed by atoms with Crippen LogP contribution >= 0.6 is 11.8 Å². The SMILES string of the molecule is CC(=O)SCC(O)C(O)c1ccc(N)c(C(=O)c2ccccc2)c1. The maximum Gasteiger partial charge on any atom is 0.195 e. The second-order valence-corrected chi connectivity index (χ2v) is 6.55. The average Bonchev–Trinajstić information content (AvgIpc) is 2.59. The Labute approximate surface area is 144 Å². The Bertz CT molecular complexity index is 733. The Hall–Kier alpha value is -2.15. The molecule has 0 aliphatic carbocycles. The molecule has 4 N–H and O–H groups in total. The molecule has 6 heteroatoms. The van der Waals surface area contributed by atoms with Crippen molar-refractivity contribution in [2.75, 3.05) is 11.5 Å². The van der Waals surface area contributed by atoms with Crippen molar-refractivity contribution >= 4 is 28.3 Å². The minimum atomic E-state index is -1.21. The maximum absolute atomic E-state index is 12.6. The number of aliphatic hydroxyl groups excluding tert-OH is 2. The molecule has 0 saturated heterocycles. The van der Waals surface area contributed by atoms with Crippen LogP contribution in [0.5, 0.6) is 0 Å². The molecule has 0 heterocycles. The zero-order chi connectivity index (χ0) is 17.7. The first-order chi connectivity index (χ1) is 11.4. The van der Waals surface area contributed by atoms with Crippen LogP contribution in [0.3, 0.4) is 0 Å². The van der Waals surface area contributed by atoms with E-state index in [0.717, 1.165) is 11.8 Å². The summed E-state index contributed by atoms with van der Waals surface area (Å²) < 4.78 is 0. The van der Waals surface area contributed by atoms with Gasteiger partial charge in [0.1, 0.15) is 6.10 Å². The standard InChI is InChI=1S/C18H19NO4S/c1-11(20)24-10-16(21)18(23)13-7-8-15(19)14(9-13)17(22)12-5-3-2-4-6-12/h2-9,16,18,21,23H,10,19H2,1H3. The largest absolute Gasteiger partial charge is 0.398 e. The maximum atomic E-state index is 12.6. The van der Waals surface area contributed by atoms with E-state index in [2.05, 4.69) is 0 Å². The van der Waals surface area contributed by atoms with Crippen LogP contribution in [0.1, 0.15) is 34.5 Å². The van der Waals surface area contributed by atoms with Gasteiger partial charge in [-0.05, 0) is 17.7 Å². The van der Waals surface area contributed by atoms with Gasteiger partial charge in [-0.2, -0.15) is 0 Å². The summed E-state index contributed by atoms with van der Waals surface area (Å²) >= 11 is 0.932. The van der Waals surface area contributed by atoms with Crippen molar-refractivity contribution in [1.29, 1.82) is 0 Å². The number of nitrogens with two attached hydrogens (primary N) is 1. The molecule has 0 fully saturated rings. The fourth-order valence-corrected chi connectivity index (χ4v) is 2.80. The normalized spacial score (nSPS) is 13.3. The number of carbonyl (C=O) groups is 2. The zero-order valence-electron chi connectivity index (χ0n) is 13.2. The van der Waals surface area contributed by atoms with E-state index in [-0.39, 0.29) is 22.2 Å². The number of carbonyl (C=O) groups excluding carboxylic acids is 2. The summed E-state index contributed by atoms with van der Waals surface area (Å²) in [7, 11) is 0. The lowest BCUT2D eigenvalue weighted by atomic mass is 9.96. The molecule has 24 heavy (non-hydrogen) atoms. The fourth-order valence-electron chi connectivity index (χ4n) is 2.22. The summed E-state index contributed by atoms with van der Waals surface area (Å²) in [4.78, 5) is 23.5. The molecular weight excluding hydrogens is 326 g/mol. The average molecular weight is 345 g/mol. The predicted octanol–water partition coefficient (Wildman–Crippen LogP) is 2.17. The van der Waals surface area contributed by atoms with Gasteiger partial charge in [0.15, 0.2) is 10.9 Å². The molecule has 0 aliphatic heterocycles. The van der Waals surface area contributed by atoms with Crippen molar-refractivity contribution in [3.05, 3.63) is 65.2 Å². The second kappa shape index (κ2) is 8.10. The van der Waals surface area contributed by atoms with E-state index in [1.54, 1.807) is 30.3 Å². The topological polar surface area (TPSA) is 101 Å². The molecule has 0 spiro atoms. The van der Waals surface area contributed by atoms with E-state index >= 15 is 0 Å². The van der Waals surface area contributed by atoms with Crippen LogP contribution in [0.4, 0.5) is 5.69 Å². The number of nitrogen functional groups attached to an aromatic ring is 1. The van der Waals surface area contributed by atoms with Gasteiger partial charge < -0.3 is 15.9 Å². The molecule has 0 radical (unpaired) electrons. The molecule has 0 bridgehead atoms. The van der Waals surface area contributed by atoms with E-state index in [1.807, 2.05) is 6.07 Å². The molecule has 126 valence electrons. The van der Waals surface area contributed by atoms with Crippen molar-refractivity contribution in [1.82, 2.24) is 0 Å². The van der Waals surface area contributed by atoms with Gasteiger partial charge in [-0.3, -0.25) is 9.59 Å². The van der Waals surface area contributed by atoms with Gasteiger partial charge >= 0.3 is 0 Å². The number of anilines is 1. The van der Waals surface area contributed by atoms with Crippen LogP contribution in [0.15, 0.2) is 48.5 Å². The van der Waals surface area contributed by atoms with Crippen molar-refractivity contribution in [3.63, 3.8) is 0 Å². The molecule has 0 aromatic heterocycles. The van der Waals surface area contributed by atoms with Gasteiger partial charge in [-0.25, -0.2) is 0 Å². The summed E-state index contributed by atoms with van der Waals surface area (Å²) in [6, 6.07) is 13.3. The van der Waals surface area contributed by atoms with Crippen LogP contribution in [-0.4, -0.2) is 33.0 Å². The van der Waals surface area contributed by atoms with E-state index in [4.69, 9.17) is 5.73 Å². The number of hydrogen-bond donors (Lipinski definition) is 3. The Morgan fingerprint density at radius 1 is 1.12 bits per heavy atom. The summed E-state index contributed by atoms with van der Waals surface area (Å²) in [5.41, 5.74) is 7.32. The molecule has 2 aromatic rings. The van der Waals surface area contributed by atoms with Gasteiger partial charge in [0.25, 0.3) is 0 Å². The van der Waals surface area contributed by atoms with Gasteiger partial charge in [0, 0.05) is 29.5 Å². The number of rotatable bonds is 6. The number of benzene rings is 2. The molecule has 5 nitrogen and oxygen atoms in total. The minimum Gasteiger partial charge on any atom is -0.398 e. The molecule has 2 unspecified atom stereocenters. The van der Waals surface area contributed by atoms with E-state index < -0.39 is 12.2 Å². The van der Waals surface area contributed by atoms with Crippen molar-refractivity contribution in [3.8, 4) is 0 Å². The summed E-state index contributed by atoms with van der Waals surface area (Å²) in [6.07, 6.45) is -2.33. The van der Waals surface area contributed by atoms with Gasteiger partial charge in [-0.15, -0.1) is 0 Å². The Kier molecular flexibility index (Phi) is 6.14. The molecule has 0 saturated carbocycles. The molecule has 2 aromatic carbocycles. The number of ketones is 1.